The van der Waals surface area contributed by atoms with Gasteiger partial charge in [-0.05, 0) is 38.6 Å². The Bertz CT molecular complexity index is 520. The molecule has 84 valence electrons. The van der Waals surface area contributed by atoms with Crippen LogP contribution in [0.3, 0.4) is 0 Å². The van der Waals surface area contributed by atoms with E-state index in [4.69, 9.17) is 11.6 Å². The van der Waals surface area contributed by atoms with Gasteiger partial charge in [0.25, 0.3) is 0 Å². The van der Waals surface area contributed by atoms with Crippen LogP contribution in [0.5, 0.6) is 0 Å². The van der Waals surface area contributed by atoms with Crippen molar-refractivity contribution in [3.05, 3.63) is 35.4 Å². The lowest BCUT2D eigenvalue weighted by atomic mass is 10.2. The fraction of sp³-hybridized carbons (Fsp3) is 0.417. The second kappa shape index (κ2) is 3.75. The van der Waals surface area contributed by atoms with Gasteiger partial charge in [-0.1, -0.05) is 11.6 Å². The van der Waals surface area contributed by atoms with Crippen LogP contribution in [-0.2, 0) is 0 Å². The average Bonchev–Trinajstić information content (AvgIpc) is 2.84. The largest absolute Gasteiger partial charge is 0.301 e. The molecule has 1 aliphatic heterocycles. The van der Waals surface area contributed by atoms with E-state index in [1.807, 2.05) is 24.5 Å². The maximum absolute atomic E-state index is 6.14. The van der Waals surface area contributed by atoms with Crippen molar-refractivity contribution in [2.45, 2.75) is 18.9 Å². The van der Waals surface area contributed by atoms with Crippen molar-refractivity contribution in [3.8, 4) is 0 Å². The minimum absolute atomic E-state index is 0.431. The third-order valence-corrected chi connectivity index (χ3v) is 3.69. The van der Waals surface area contributed by atoms with Crippen molar-refractivity contribution in [2.24, 2.45) is 0 Å². The molecule has 1 atom stereocenters. The molecule has 3 rings (SSSR count). The predicted molar refractivity (Wildman–Crippen MR) is 64.8 cm³/mol. The van der Waals surface area contributed by atoms with Crippen LogP contribution in [0.15, 0.2) is 24.5 Å². The Balaban J connectivity index is 2.14. The molecule has 0 N–H and O–H groups in total. The zero-order chi connectivity index (χ0) is 11.1. The molecule has 16 heavy (non-hydrogen) atoms. The molecule has 0 bridgehead atoms. The molecule has 0 aliphatic carbocycles. The first-order chi connectivity index (χ1) is 7.77. The van der Waals surface area contributed by atoms with Crippen LogP contribution in [0.4, 0.5) is 0 Å². The van der Waals surface area contributed by atoms with Gasteiger partial charge < -0.3 is 4.40 Å². The minimum Gasteiger partial charge on any atom is -0.301 e. The quantitative estimate of drug-likeness (QED) is 0.758. The fourth-order valence-corrected chi connectivity index (χ4v) is 2.70. The monoisotopic (exact) mass is 235 g/mol. The number of hydrogen-bond donors (Lipinski definition) is 0. The Morgan fingerprint density at radius 3 is 3.12 bits per heavy atom. The maximum atomic E-state index is 6.14. The molecule has 4 heteroatoms. The van der Waals surface area contributed by atoms with E-state index in [9.17, 15) is 0 Å². The molecule has 2 aromatic rings. The average molecular weight is 236 g/mol. The zero-order valence-electron chi connectivity index (χ0n) is 9.23. The van der Waals surface area contributed by atoms with Gasteiger partial charge in [0.05, 0.1) is 22.8 Å². The molecule has 0 radical (unpaired) electrons. The summed E-state index contributed by atoms with van der Waals surface area (Å²) in [7, 11) is 2.16. The van der Waals surface area contributed by atoms with Gasteiger partial charge in [-0.25, -0.2) is 4.98 Å². The number of nitrogens with zero attached hydrogens (tertiary/aromatic N) is 3. The second-order valence-electron chi connectivity index (χ2n) is 4.37. The Hall–Kier alpha value is -1.06. The highest BCUT2D eigenvalue weighted by atomic mass is 35.5. The van der Waals surface area contributed by atoms with Crippen LogP contribution < -0.4 is 0 Å². The van der Waals surface area contributed by atoms with Crippen LogP contribution in [0.1, 0.15) is 24.7 Å². The number of imidazole rings is 1. The van der Waals surface area contributed by atoms with Crippen LogP contribution >= 0.6 is 11.6 Å². The standard InChI is InChI=1S/C12H14ClN3/c1-15-6-3-5-10(15)12-14-8-11-9(13)4-2-7-16(11)12/h2,4,7-8,10H,3,5-6H2,1H3. The van der Waals surface area contributed by atoms with E-state index >= 15 is 0 Å². The summed E-state index contributed by atoms with van der Waals surface area (Å²) in [5.74, 6) is 1.11. The van der Waals surface area contributed by atoms with Crippen molar-refractivity contribution >= 4 is 17.1 Å². The first-order valence-electron chi connectivity index (χ1n) is 5.59. The lowest BCUT2D eigenvalue weighted by Crippen LogP contribution is -2.19. The Kier molecular flexibility index (Phi) is 2.37. The van der Waals surface area contributed by atoms with Crippen molar-refractivity contribution in [2.75, 3.05) is 13.6 Å². The first kappa shape index (κ1) is 10.1. The molecule has 0 aromatic carbocycles. The predicted octanol–water partition coefficient (Wildman–Crippen LogP) is 2.75. The summed E-state index contributed by atoms with van der Waals surface area (Å²) in [6.07, 6.45) is 6.33. The van der Waals surface area contributed by atoms with E-state index in [-0.39, 0.29) is 0 Å². The third-order valence-electron chi connectivity index (χ3n) is 3.37. The molecule has 1 fully saturated rings. The van der Waals surface area contributed by atoms with Gasteiger partial charge in [0.2, 0.25) is 0 Å². The molecule has 2 aromatic heterocycles. The molecular weight excluding hydrogens is 222 g/mol. The number of halogens is 1. The van der Waals surface area contributed by atoms with Gasteiger partial charge in [-0.15, -0.1) is 0 Å². The van der Waals surface area contributed by atoms with Crippen molar-refractivity contribution in [1.29, 1.82) is 0 Å². The normalized spacial score (nSPS) is 22.0. The number of rotatable bonds is 1. The lowest BCUT2D eigenvalue weighted by molar-refractivity contribution is 0.305. The van der Waals surface area contributed by atoms with Gasteiger partial charge >= 0.3 is 0 Å². The molecule has 1 unspecified atom stereocenters. The SMILES string of the molecule is CN1CCCC1c1ncc2c(Cl)cccn12. The molecule has 0 spiro atoms. The van der Waals surface area contributed by atoms with Gasteiger partial charge in [0.1, 0.15) is 5.82 Å². The van der Waals surface area contributed by atoms with E-state index in [0.717, 1.165) is 22.9 Å². The summed E-state index contributed by atoms with van der Waals surface area (Å²) in [6, 6.07) is 4.30. The molecule has 3 heterocycles. The fourth-order valence-electron chi connectivity index (χ4n) is 2.49. The second-order valence-corrected chi connectivity index (χ2v) is 4.77. The van der Waals surface area contributed by atoms with E-state index < -0.39 is 0 Å². The Labute approximate surface area is 99.7 Å². The van der Waals surface area contributed by atoms with Gasteiger partial charge in [-0.3, -0.25) is 4.90 Å². The van der Waals surface area contributed by atoms with Crippen LogP contribution in [0, 0.1) is 0 Å². The highest BCUT2D eigenvalue weighted by Crippen LogP contribution is 2.30. The van der Waals surface area contributed by atoms with Crippen LogP contribution in [0.25, 0.3) is 5.52 Å². The van der Waals surface area contributed by atoms with Crippen LogP contribution in [0.2, 0.25) is 5.02 Å². The van der Waals surface area contributed by atoms with Crippen LogP contribution in [-0.4, -0.2) is 27.9 Å². The van der Waals surface area contributed by atoms with E-state index in [1.54, 1.807) is 0 Å². The summed E-state index contributed by atoms with van der Waals surface area (Å²) < 4.78 is 2.11. The number of hydrogen-bond acceptors (Lipinski definition) is 2. The van der Waals surface area contributed by atoms with Gasteiger partial charge in [-0.2, -0.15) is 0 Å². The molecule has 1 saturated heterocycles. The molecule has 0 amide bonds. The number of aromatic nitrogens is 2. The maximum Gasteiger partial charge on any atom is 0.130 e. The summed E-state index contributed by atoms with van der Waals surface area (Å²) in [5.41, 5.74) is 1.000. The Morgan fingerprint density at radius 1 is 1.50 bits per heavy atom. The molecule has 3 nitrogen and oxygen atoms in total. The van der Waals surface area contributed by atoms with Crippen molar-refractivity contribution < 1.29 is 0 Å². The summed E-state index contributed by atoms with van der Waals surface area (Å²) in [6.45, 7) is 1.15. The van der Waals surface area contributed by atoms with Gasteiger partial charge in [0.15, 0.2) is 0 Å². The van der Waals surface area contributed by atoms with E-state index in [0.29, 0.717) is 6.04 Å². The number of pyridine rings is 1. The topological polar surface area (TPSA) is 20.5 Å². The highest BCUT2D eigenvalue weighted by molar-refractivity contribution is 6.33. The van der Waals surface area contributed by atoms with Gasteiger partial charge in [0, 0.05) is 6.20 Å². The van der Waals surface area contributed by atoms with Crippen molar-refractivity contribution in [1.82, 2.24) is 14.3 Å². The Morgan fingerprint density at radius 2 is 2.38 bits per heavy atom. The smallest absolute Gasteiger partial charge is 0.130 e. The lowest BCUT2D eigenvalue weighted by Gasteiger charge is -2.18. The first-order valence-corrected chi connectivity index (χ1v) is 5.97. The third kappa shape index (κ3) is 1.43. The minimum atomic E-state index is 0.431. The number of fused-ring (bicyclic) bond motifs is 1. The summed E-state index contributed by atoms with van der Waals surface area (Å²) in [5, 5.41) is 0.766. The molecular formula is C12H14ClN3. The molecule has 0 saturated carbocycles. The summed E-state index contributed by atoms with van der Waals surface area (Å²) in [4.78, 5) is 6.88. The molecule has 1 aliphatic rings. The van der Waals surface area contributed by atoms with E-state index in [2.05, 4.69) is 21.3 Å². The number of likely N-dealkylation sites (tertiary alicyclic amines) is 1. The highest BCUT2D eigenvalue weighted by Gasteiger charge is 2.26. The zero-order valence-corrected chi connectivity index (χ0v) is 9.98. The van der Waals surface area contributed by atoms with Crippen molar-refractivity contribution in [3.63, 3.8) is 0 Å². The summed E-state index contributed by atoms with van der Waals surface area (Å²) >= 11 is 6.14. The van der Waals surface area contributed by atoms with E-state index in [1.165, 1.54) is 12.8 Å².